The number of benzene rings is 1. The zero-order valence-electron chi connectivity index (χ0n) is 23.3. The lowest BCUT2D eigenvalue weighted by atomic mass is 10.1. The van der Waals surface area contributed by atoms with Crippen molar-refractivity contribution in [1.29, 1.82) is 0 Å². The zero-order chi connectivity index (χ0) is 30.1. The molecule has 0 unspecified atom stereocenters. The van der Waals surface area contributed by atoms with E-state index < -0.39 is 38.5 Å². The summed E-state index contributed by atoms with van der Waals surface area (Å²) in [4.78, 5) is 24.4. The number of anilines is 2. The van der Waals surface area contributed by atoms with Crippen molar-refractivity contribution in [2.24, 2.45) is 0 Å². The molecule has 1 N–H and O–H groups in total. The molecule has 0 atom stereocenters. The average Bonchev–Trinajstić information content (AvgIpc) is 3.37. The first-order valence-corrected chi connectivity index (χ1v) is 14.8. The summed E-state index contributed by atoms with van der Waals surface area (Å²) < 4.78 is 62.6. The Morgan fingerprint density at radius 3 is 2.57 bits per heavy atom. The van der Waals surface area contributed by atoms with Crippen LogP contribution in [0.15, 0.2) is 65.5 Å². The number of fused-ring (bicyclic) bond motifs is 1. The van der Waals surface area contributed by atoms with Crippen LogP contribution >= 0.6 is 0 Å². The maximum Gasteiger partial charge on any atom is 0.410 e. The van der Waals surface area contributed by atoms with Crippen LogP contribution in [0.4, 0.5) is 25.1 Å². The molecule has 0 saturated heterocycles. The van der Waals surface area contributed by atoms with Gasteiger partial charge >= 0.3 is 6.09 Å². The van der Waals surface area contributed by atoms with E-state index in [0.717, 1.165) is 36.0 Å². The Morgan fingerprint density at radius 2 is 1.88 bits per heavy atom. The number of sulfonamides is 1. The number of carbonyl (C=O) groups excluding carboxylic acids is 1. The molecule has 4 heterocycles. The van der Waals surface area contributed by atoms with Gasteiger partial charge in [-0.15, -0.1) is 0 Å². The molecular formula is C30H29F2N5O4S. The molecular weight excluding hydrogens is 564 g/mol. The Bertz CT molecular complexity index is 1730. The maximum atomic E-state index is 15.2. The lowest BCUT2D eigenvalue weighted by Crippen LogP contribution is -2.40. The smallest absolute Gasteiger partial charge is 0.410 e. The molecule has 1 aromatic carbocycles. The fourth-order valence-electron chi connectivity index (χ4n) is 4.57. The molecule has 2 aliphatic rings. The molecule has 0 bridgehead atoms. The fourth-order valence-corrected chi connectivity index (χ4v) is 5.59. The molecule has 12 heteroatoms. The van der Waals surface area contributed by atoms with Gasteiger partial charge in [-0.05, 0) is 75.1 Å². The van der Waals surface area contributed by atoms with Gasteiger partial charge in [-0.25, -0.2) is 27.0 Å². The van der Waals surface area contributed by atoms with Crippen LogP contribution in [0.1, 0.15) is 44.0 Å². The van der Waals surface area contributed by atoms with Crippen LogP contribution in [0.5, 0.6) is 0 Å². The van der Waals surface area contributed by atoms with E-state index in [2.05, 4.69) is 31.4 Å². The van der Waals surface area contributed by atoms with Crippen LogP contribution in [-0.2, 0) is 21.2 Å². The van der Waals surface area contributed by atoms with Gasteiger partial charge in [-0.2, -0.15) is 0 Å². The number of hydrogen-bond acceptors (Lipinski definition) is 7. The second-order valence-corrected chi connectivity index (χ2v) is 12.5. The van der Waals surface area contributed by atoms with Crippen molar-refractivity contribution in [2.75, 3.05) is 29.3 Å². The van der Waals surface area contributed by atoms with Gasteiger partial charge in [-0.1, -0.05) is 12.0 Å². The topological polar surface area (TPSA) is 105 Å². The highest BCUT2D eigenvalue weighted by molar-refractivity contribution is 7.92. The molecule has 1 amide bonds. The second kappa shape index (κ2) is 11.4. The highest BCUT2D eigenvalue weighted by Gasteiger charge is 2.29. The summed E-state index contributed by atoms with van der Waals surface area (Å²) in [5.74, 6) is 3.83. The first kappa shape index (κ1) is 29.0. The van der Waals surface area contributed by atoms with E-state index in [-0.39, 0.29) is 11.0 Å². The van der Waals surface area contributed by atoms with Gasteiger partial charge in [0.05, 0.1) is 11.3 Å². The minimum atomic E-state index is -4.15. The Kier molecular flexibility index (Phi) is 7.88. The third-order valence-corrected chi connectivity index (χ3v) is 7.95. The quantitative estimate of drug-likeness (QED) is 0.432. The molecule has 0 saturated carbocycles. The summed E-state index contributed by atoms with van der Waals surface area (Å²) in [5.41, 5.74) is 0.738. The van der Waals surface area contributed by atoms with Crippen LogP contribution in [0, 0.1) is 23.5 Å². The van der Waals surface area contributed by atoms with Crippen molar-refractivity contribution in [3.8, 4) is 11.8 Å². The van der Waals surface area contributed by atoms with E-state index >= 15 is 4.39 Å². The highest BCUT2D eigenvalue weighted by atomic mass is 32.2. The molecule has 3 aromatic rings. The van der Waals surface area contributed by atoms with E-state index in [1.165, 1.54) is 18.3 Å². The third kappa shape index (κ3) is 6.36. The van der Waals surface area contributed by atoms with Gasteiger partial charge in [0.1, 0.15) is 27.8 Å². The number of nitrogens with one attached hydrogen (secondary N) is 1. The molecule has 9 nitrogen and oxygen atoms in total. The minimum absolute atomic E-state index is 0.168. The van der Waals surface area contributed by atoms with Crippen molar-refractivity contribution >= 4 is 27.6 Å². The molecule has 42 heavy (non-hydrogen) atoms. The summed E-state index contributed by atoms with van der Waals surface area (Å²) in [6.07, 6.45) is 5.53. The Hall–Kier alpha value is -4.50. The number of rotatable bonds is 4. The highest BCUT2D eigenvalue weighted by Crippen LogP contribution is 2.32. The van der Waals surface area contributed by atoms with E-state index in [1.54, 1.807) is 11.0 Å². The third-order valence-electron chi connectivity index (χ3n) is 6.60. The molecule has 0 aliphatic carbocycles. The molecule has 0 spiro atoms. The normalized spacial score (nSPS) is 14.9. The van der Waals surface area contributed by atoms with Gasteiger partial charge in [0.2, 0.25) is 0 Å². The average molecular weight is 594 g/mol. The summed E-state index contributed by atoms with van der Waals surface area (Å²) in [5, 5.41) is 0. The number of hydrogen-bond donors (Lipinski definition) is 1. The van der Waals surface area contributed by atoms with Gasteiger partial charge in [0, 0.05) is 44.1 Å². The van der Waals surface area contributed by atoms with Crippen molar-refractivity contribution in [3.05, 3.63) is 89.0 Å². The molecule has 5 rings (SSSR count). The van der Waals surface area contributed by atoms with E-state index in [1.807, 2.05) is 32.9 Å². The molecule has 2 aromatic heterocycles. The van der Waals surface area contributed by atoms with Crippen LogP contribution < -0.4 is 9.62 Å². The van der Waals surface area contributed by atoms with E-state index in [0.29, 0.717) is 37.6 Å². The van der Waals surface area contributed by atoms with Crippen LogP contribution in [0.2, 0.25) is 0 Å². The number of nitrogens with zero attached hydrogens (tertiary/aromatic N) is 4. The maximum absolute atomic E-state index is 15.2. The number of ether oxygens (including phenoxy) is 1. The molecule has 2 aliphatic heterocycles. The lowest BCUT2D eigenvalue weighted by molar-refractivity contribution is 0.0265. The van der Waals surface area contributed by atoms with Gasteiger partial charge < -0.3 is 14.5 Å². The fraction of sp³-hybridized carbons (Fsp3) is 0.300. The predicted molar refractivity (Wildman–Crippen MR) is 153 cm³/mol. The number of pyridine rings is 2. The minimum Gasteiger partial charge on any atom is -0.444 e. The number of aromatic nitrogens is 2. The van der Waals surface area contributed by atoms with Crippen molar-refractivity contribution < 1.29 is 26.7 Å². The summed E-state index contributed by atoms with van der Waals surface area (Å²) in [7, 11) is -4.15. The molecule has 218 valence electrons. The Labute approximate surface area is 243 Å². The summed E-state index contributed by atoms with van der Waals surface area (Å²) >= 11 is 0. The molecule has 0 radical (unpaired) electrons. The first-order chi connectivity index (χ1) is 19.9. The van der Waals surface area contributed by atoms with Gasteiger partial charge in [0.25, 0.3) is 10.0 Å². The predicted octanol–water partition coefficient (Wildman–Crippen LogP) is 4.84. The number of carbonyl (C=O) groups is 1. The second-order valence-electron chi connectivity index (χ2n) is 10.8. The lowest BCUT2D eigenvalue weighted by Gasteiger charge is -2.32. The Balaban J connectivity index is 1.35. The van der Waals surface area contributed by atoms with Crippen LogP contribution in [0.25, 0.3) is 0 Å². The van der Waals surface area contributed by atoms with Gasteiger partial charge in [0.15, 0.2) is 5.82 Å². The van der Waals surface area contributed by atoms with Crippen molar-refractivity contribution in [2.45, 2.75) is 44.1 Å². The van der Waals surface area contributed by atoms with E-state index in [9.17, 15) is 17.6 Å². The van der Waals surface area contributed by atoms with Crippen molar-refractivity contribution in [1.82, 2.24) is 14.9 Å². The Morgan fingerprint density at radius 1 is 1.07 bits per heavy atom. The summed E-state index contributed by atoms with van der Waals surface area (Å²) in [6.45, 7) is 7.11. The number of halogens is 2. The van der Waals surface area contributed by atoms with Crippen LogP contribution in [-0.4, -0.2) is 54.6 Å². The van der Waals surface area contributed by atoms with Crippen LogP contribution in [0.3, 0.4) is 0 Å². The monoisotopic (exact) mass is 593 g/mol. The standard InChI is InChI=1S/C30H29F2N5O4S/c1-30(2,3)41-29(38)36-16-13-22(14-17-36)37-18-12-20-6-7-21(34-28(20)37)8-9-24-25(31)10-11-26(27(24)32)35-42(39,40)23-5-4-15-33-19-23/h4-7,10-11,13,15,19,35H,12,14,16-18H2,1-3H3. The largest absolute Gasteiger partial charge is 0.444 e. The van der Waals surface area contributed by atoms with Gasteiger partial charge in [-0.3, -0.25) is 9.71 Å². The SMILES string of the molecule is CC(C)(C)OC(=O)N1CC=C(N2CCc3ccc(C#Cc4c(F)ccc(NS(=O)(=O)c5cccnc5)c4F)nc32)CC1. The molecule has 0 fully saturated rings. The zero-order valence-corrected chi connectivity index (χ0v) is 24.1. The first-order valence-electron chi connectivity index (χ1n) is 13.3. The summed E-state index contributed by atoms with van der Waals surface area (Å²) in [6, 6.07) is 8.24. The number of amides is 1. The van der Waals surface area contributed by atoms with Crippen molar-refractivity contribution in [3.63, 3.8) is 0 Å². The van der Waals surface area contributed by atoms with E-state index in [4.69, 9.17) is 4.74 Å².